The highest BCUT2D eigenvalue weighted by Gasteiger charge is 2.20. The molecule has 1 atom stereocenters. The maximum atomic E-state index is 4.22. The van der Waals surface area contributed by atoms with Crippen molar-refractivity contribution in [1.82, 2.24) is 15.1 Å². The molecule has 18 heavy (non-hydrogen) atoms. The molecule has 0 unspecified atom stereocenters. The highest BCUT2D eigenvalue weighted by molar-refractivity contribution is 7.10. The number of aromatic nitrogens is 2. The number of nitrogens with one attached hydrogen (secondary N) is 1. The molecule has 0 aliphatic heterocycles. The standard InChI is InChI=1S/C14H19N3S/c1-4-13(12-6-11-18-14(12)5-1)15-7-2-9-17-10-3-8-16-17/h3,6,8,10-11,13,15H,1-2,4-5,7,9H2/t13-/m1/s1. The van der Waals surface area contributed by atoms with Crippen molar-refractivity contribution in [3.05, 3.63) is 40.3 Å². The molecule has 4 heteroatoms. The van der Waals surface area contributed by atoms with Crippen LogP contribution in [-0.2, 0) is 13.0 Å². The number of nitrogens with zero attached hydrogens (tertiary/aromatic N) is 2. The van der Waals surface area contributed by atoms with Crippen molar-refractivity contribution in [3.8, 4) is 0 Å². The van der Waals surface area contributed by atoms with E-state index in [9.17, 15) is 0 Å². The van der Waals surface area contributed by atoms with E-state index in [1.165, 1.54) is 19.3 Å². The molecule has 1 aliphatic rings. The Kier molecular flexibility index (Phi) is 3.76. The summed E-state index contributed by atoms with van der Waals surface area (Å²) in [6.07, 6.45) is 8.88. The van der Waals surface area contributed by atoms with E-state index in [0.717, 1.165) is 19.5 Å². The van der Waals surface area contributed by atoms with Gasteiger partial charge in [-0.2, -0.15) is 5.10 Å². The number of hydrogen-bond donors (Lipinski definition) is 1. The number of aryl methyl sites for hydroxylation is 2. The van der Waals surface area contributed by atoms with Crippen LogP contribution in [0.15, 0.2) is 29.9 Å². The van der Waals surface area contributed by atoms with E-state index in [1.54, 1.807) is 10.4 Å². The predicted octanol–water partition coefficient (Wildman–Crippen LogP) is 3.00. The second-order valence-corrected chi connectivity index (χ2v) is 5.82. The molecule has 2 heterocycles. The van der Waals surface area contributed by atoms with Gasteiger partial charge >= 0.3 is 0 Å². The van der Waals surface area contributed by atoms with Crippen LogP contribution >= 0.6 is 11.3 Å². The van der Waals surface area contributed by atoms with Gasteiger partial charge in [-0.3, -0.25) is 4.68 Å². The normalized spacial score (nSPS) is 18.8. The minimum atomic E-state index is 0.581. The molecule has 0 amide bonds. The summed E-state index contributed by atoms with van der Waals surface area (Å²) >= 11 is 1.91. The molecule has 0 aromatic carbocycles. The number of thiophene rings is 1. The molecule has 0 saturated carbocycles. The SMILES string of the molecule is c1cnn(CCCN[C@@H]2CCCc3sccc32)c1. The van der Waals surface area contributed by atoms with Gasteiger partial charge < -0.3 is 5.32 Å². The van der Waals surface area contributed by atoms with Crippen LogP contribution in [0.3, 0.4) is 0 Å². The maximum Gasteiger partial charge on any atom is 0.0489 e. The summed E-state index contributed by atoms with van der Waals surface area (Å²) < 4.78 is 2.00. The summed E-state index contributed by atoms with van der Waals surface area (Å²) in [5.41, 5.74) is 1.55. The van der Waals surface area contributed by atoms with E-state index in [0.29, 0.717) is 6.04 Å². The molecule has 1 aliphatic carbocycles. The monoisotopic (exact) mass is 261 g/mol. The summed E-state index contributed by atoms with van der Waals surface area (Å²) in [6.45, 7) is 2.07. The van der Waals surface area contributed by atoms with Crippen LogP contribution in [0.5, 0.6) is 0 Å². The molecule has 0 radical (unpaired) electrons. The molecule has 0 bridgehead atoms. The van der Waals surface area contributed by atoms with Gasteiger partial charge in [0.1, 0.15) is 0 Å². The van der Waals surface area contributed by atoms with Crippen molar-refractivity contribution in [3.63, 3.8) is 0 Å². The van der Waals surface area contributed by atoms with Gasteiger partial charge in [0, 0.05) is 29.9 Å². The van der Waals surface area contributed by atoms with E-state index in [4.69, 9.17) is 0 Å². The zero-order valence-corrected chi connectivity index (χ0v) is 11.3. The van der Waals surface area contributed by atoms with E-state index in [2.05, 4.69) is 21.9 Å². The molecule has 1 N–H and O–H groups in total. The van der Waals surface area contributed by atoms with Crippen molar-refractivity contribution >= 4 is 11.3 Å². The lowest BCUT2D eigenvalue weighted by Crippen LogP contribution is -2.25. The zero-order valence-electron chi connectivity index (χ0n) is 10.5. The third-order valence-electron chi connectivity index (χ3n) is 3.57. The van der Waals surface area contributed by atoms with Crippen molar-refractivity contribution in [2.24, 2.45) is 0 Å². The predicted molar refractivity (Wildman–Crippen MR) is 74.8 cm³/mol. The highest BCUT2D eigenvalue weighted by atomic mass is 32.1. The van der Waals surface area contributed by atoms with Crippen LogP contribution in [0, 0.1) is 0 Å². The van der Waals surface area contributed by atoms with Gasteiger partial charge in [0.2, 0.25) is 0 Å². The molecule has 3 nitrogen and oxygen atoms in total. The van der Waals surface area contributed by atoms with Crippen LogP contribution in [0.2, 0.25) is 0 Å². The lowest BCUT2D eigenvalue weighted by atomic mass is 9.94. The molecule has 0 saturated heterocycles. The average Bonchev–Trinajstić information content (AvgIpc) is 3.05. The first-order valence-corrected chi connectivity index (χ1v) is 7.58. The smallest absolute Gasteiger partial charge is 0.0489 e. The quantitative estimate of drug-likeness (QED) is 0.839. The number of fused-ring (bicyclic) bond motifs is 1. The first-order valence-electron chi connectivity index (χ1n) is 6.70. The average molecular weight is 261 g/mol. The molecule has 0 fully saturated rings. The zero-order chi connectivity index (χ0) is 12.2. The van der Waals surface area contributed by atoms with Crippen LogP contribution < -0.4 is 5.32 Å². The Morgan fingerprint density at radius 1 is 1.50 bits per heavy atom. The van der Waals surface area contributed by atoms with Gasteiger partial charge in [-0.15, -0.1) is 11.3 Å². The van der Waals surface area contributed by atoms with Gasteiger partial charge in [-0.25, -0.2) is 0 Å². The Morgan fingerprint density at radius 2 is 2.50 bits per heavy atom. The van der Waals surface area contributed by atoms with Crippen molar-refractivity contribution < 1.29 is 0 Å². The van der Waals surface area contributed by atoms with Crippen LogP contribution in [-0.4, -0.2) is 16.3 Å². The number of hydrogen-bond acceptors (Lipinski definition) is 3. The Labute approximate surface area is 112 Å². The summed E-state index contributed by atoms with van der Waals surface area (Å²) in [6, 6.07) is 4.86. The maximum absolute atomic E-state index is 4.22. The Hall–Kier alpha value is -1.13. The van der Waals surface area contributed by atoms with Crippen LogP contribution in [0.4, 0.5) is 0 Å². The second-order valence-electron chi connectivity index (χ2n) is 4.82. The number of rotatable bonds is 5. The summed E-state index contributed by atoms with van der Waals surface area (Å²) in [7, 11) is 0. The van der Waals surface area contributed by atoms with E-state index < -0.39 is 0 Å². The van der Waals surface area contributed by atoms with Gasteiger partial charge in [0.25, 0.3) is 0 Å². The van der Waals surface area contributed by atoms with Gasteiger partial charge in [-0.05, 0) is 55.3 Å². The fourth-order valence-corrected chi connectivity index (χ4v) is 3.64. The fourth-order valence-electron chi connectivity index (χ4n) is 2.65. The topological polar surface area (TPSA) is 29.9 Å². The van der Waals surface area contributed by atoms with Crippen LogP contribution in [0.1, 0.15) is 35.7 Å². The van der Waals surface area contributed by atoms with Crippen molar-refractivity contribution in [2.75, 3.05) is 6.54 Å². The van der Waals surface area contributed by atoms with Crippen molar-refractivity contribution in [2.45, 2.75) is 38.3 Å². The third-order valence-corrected chi connectivity index (χ3v) is 4.56. The van der Waals surface area contributed by atoms with Gasteiger partial charge in [-0.1, -0.05) is 0 Å². The Balaban J connectivity index is 1.47. The van der Waals surface area contributed by atoms with Crippen LogP contribution in [0.25, 0.3) is 0 Å². The van der Waals surface area contributed by atoms with E-state index in [-0.39, 0.29) is 0 Å². The van der Waals surface area contributed by atoms with Gasteiger partial charge in [0.15, 0.2) is 0 Å². The molecular formula is C14H19N3S. The summed E-state index contributed by atoms with van der Waals surface area (Å²) in [4.78, 5) is 1.59. The van der Waals surface area contributed by atoms with Crippen molar-refractivity contribution in [1.29, 1.82) is 0 Å². The largest absolute Gasteiger partial charge is 0.310 e. The molecule has 3 rings (SSSR count). The van der Waals surface area contributed by atoms with E-state index >= 15 is 0 Å². The highest BCUT2D eigenvalue weighted by Crippen LogP contribution is 2.33. The lowest BCUT2D eigenvalue weighted by Gasteiger charge is -2.23. The Morgan fingerprint density at radius 3 is 3.39 bits per heavy atom. The first kappa shape index (κ1) is 11.9. The minimum Gasteiger partial charge on any atom is -0.310 e. The molecule has 0 spiro atoms. The summed E-state index contributed by atoms with van der Waals surface area (Å²) in [5, 5.41) is 10.1. The van der Waals surface area contributed by atoms with E-state index in [1.807, 2.05) is 34.5 Å². The summed E-state index contributed by atoms with van der Waals surface area (Å²) in [5.74, 6) is 0. The first-order chi connectivity index (χ1) is 8.93. The minimum absolute atomic E-state index is 0.581. The fraction of sp³-hybridized carbons (Fsp3) is 0.500. The molecular weight excluding hydrogens is 242 g/mol. The molecule has 2 aromatic heterocycles. The Bertz CT molecular complexity index is 475. The van der Waals surface area contributed by atoms with Gasteiger partial charge in [0.05, 0.1) is 0 Å². The third kappa shape index (κ3) is 2.65. The molecule has 2 aromatic rings. The lowest BCUT2D eigenvalue weighted by molar-refractivity contribution is 0.443. The molecule has 96 valence electrons. The second kappa shape index (κ2) is 5.67.